The molecule has 1 aliphatic rings. The molecular formula is C14H16BrNO3S. The van der Waals surface area contributed by atoms with E-state index in [1.54, 1.807) is 6.08 Å². The van der Waals surface area contributed by atoms with Gasteiger partial charge in [-0.25, -0.2) is 0 Å². The molecule has 20 heavy (non-hydrogen) atoms. The minimum Gasteiger partial charge on any atom is -0.481 e. The number of aliphatic carboxylic acids is 1. The molecule has 0 aromatic carbocycles. The maximum absolute atomic E-state index is 11.9. The molecule has 2 atom stereocenters. The lowest BCUT2D eigenvalue weighted by Crippen LogP contribution is -2.44. The number of carboxylic acid groups (broad SMARTS) is 1. The molecule has 2 rings (SSSR count). The predicted octanol–water partition coefficient (Wildman–Crippen LogP) is 3.28. The first kappa shape index (κ1) is 15.3. The van der Waals surface area contributed by atoms with Crippen LogP contribution in [0.15, 0.2) is 22.0 Å². The Hall–Kier alpha value is -1.14. The van der Waals surface area contributed by atoms with Crippen LogP contribution in [-0.2, 0) is 9.59 Å². The molecule has 0 radical (unpaired) electrons. The lowest BCUT2D eigenvalue weighted by Gasteiger charge is -2.28. The molecule has 1 heterocycles. The fraction of sp³-hybridized carbons (Fsp3) is 0.429. The number of carbonyl (C=O) groups excluding carboxylic acids is 1. The second kappa shape index (κ2) is 7.04. The third-order valence-corrected chi connectivity index (χ3v) is 4.99. The summed E-state index contributed by atoms with van der Waals surface area (Å²) in [6, 6.07) is 3.58. The molecule has 2 unspecified atom stereocenters. The summed E-state index contributed by atoms with van der Waals surface area (Å²) in [7, 11) is 0. The highest BCUT2D eigenvalue weighted by atomic mass is 79.9. The monoisotopic (exact) mass is 357 g/mol. The fourth-order valence-corrected chi connectivity index (χ4v) is 3.73. The van der Waals surface area contributed by atoms with Crippen LogP contribution in [0.4, 0.5) is 0 Å². The van der Waals surface area contributed by atoms with Crippen molar-refractivity contribution in [2.24, 2.45) is 5.92 Å². The number of rotatable bonds is 4. The average molecular weight is 358 g/mol. The van der Waals surface area contributed by atoms with Crippen LogP contribution in [-0.4, -0.2) is 23.0 Å². The second-order valence-electron chi connectivity index (χ2n) is 4.82. The Kier molecular flexibility index (Phi) is 5.37. The first-order valence-electron chi connectivity index (χ1n) is 6.53. The standard InChI is InChI=1S/C14H16BrNO3S/c15-12-7-5-9(20-12)6-8-13(17)16-11-4-2-1-3-10(11)14(18)19/h5-8,10-11H,1-4H2,(H,16,17)(H,18,19). The number of halogens is 1. The zero-order chi connectivity index (χ0) is 14.5. The van der Waals surface area contributed by atoms with Gasteiger partial charge in [-0.1, -0.05) is 12.8 Å². The van der Waals surface area contributed by atoms with E-state index < -0.39 is 11.9 Å². The number of carbonyl (C=O) groups is 2. The van der Waals surface area contributed by atoms with Gasteiger partial charge in [0, 0.05) is 17.0 Å². The molecule has 1 aromatic heterocycles. The molecule has 0 saturated heterocycles. The molecule has 108 valence electrons. The van der Waals surface area contributed by atoms with Gasteiger partial charge in [-0.15, -0.1) is 11.3 Å². The molecule has 0 spiro atoms. The van der Waals surface area contributed by atoms with Crippen molar-refractivity contribution in [3.05, 3.63) is 26.9 Å². The van der Waals surface area contributed by atoms with Crippen LogP contribution in [0.3, 0.4) is 0 Å². The van der Waals surface area contributed by atoms with Crippen molar-refractivity contribution < 1.29 is 14.7 Å². The van der Waals surface area contributed by atoms with Crippen molar-refractivity contribution in [2.75, 3.05) is 0 Å². The number of hydrogen-bond donors (Lipinski definition) is 2. The van der Waals surface area contributed by atoms with Crippen molar-refractivity contribution in [1.29, 1.82) is 0 Å². The molecule has 1 saturated carbocycles. The summed E-state index contributed by atoms with van der Waals surface area (Å²) < 4.78 is 1.01. The van der Waals surface area contributed by atoms with Gasteiger partial charge in [-0.3, -0.25) is 9.59 Å². The van der Waals surface area contributed by atoms with Gasteiger partial charge in [-0.2, -0.15) is 0 Å². The highest BCUT2D eigenvalue weighted by molar-refractivity contribution is 9.11. The molecule has 1 aromatic rings. The van der Waals surface area contributed by atoms with Gasteiger partial charge in [0.2, 0.25) is 5.91 Å². The molecule has 0 aliphatic heterocycles. The maximum Gasteiger partial charge on any atom is 0.308 e. The zero-order valence-corrected chi connectivity index (χ0v) is 13.2. The Bertz CT molecular complexity index is 526. The number of thiophene rings is 1. The van der Waals surface area contributed by atoms with Crippen molar-refractivity contribution in [1.82, 2.24) is 5.32 Å². The van der Waals surface area contributed by atoms with Crippen LogP contribution in [0.2, 0.25) is 0 Å². The molecule has 1 amide bonds. The molecule has 6 heteroatoms. The lowest BCUT2D eigenvalue weighted by atomic mass is 9.84. The van der Waals surface area contributed by atoms with Crippen LogP contribution in [0.25, 0.3) is 6.08 Å². The van der Waals surface area contributed by atoms with E-state index in [0.717, 1.165) is 27.9 Å². The maximum atomic E-state index is 11.9. The van der Waals surface area contributed by atoms with E-state index in [4.69, 9.17) is 5.11 Å². The Morgan fingerprint density at radius 2 is 2.10 bits per heavy atom. The number of amides is 1. The Balaban J connectivity index is 1.93. The van der Waals surface area contributed by atoms with Gasteiger partial charge in [0.25, 0.3) is 0 Å². The Morgan fingerprint density at radius 3 is 2.75 bits per heavy atom. The van der Waals surface area contributed by atoms with Gasteiger partial charge in [0.05, 0.1) is 9.70 Å². The number of hydrogen-bond acceptors (Lipinski definition) is 3. The summed E-state index contributed by atoms with van der Waals surface area (Å²) >= 11 is 4.90. The second-order valence-corrected chi connectivity index (χ2v) is 7.31. The van der Waals surface area contributed by atoms with E-state index in [1.807, 2.05) is 12.1 Å². The summed E-state index contributed by atoms with van der Waals surface area (Å²) in [5.74, 6) is -1.51. The highest BCUT2D eigenvalue weighted by Gasteiger charge is 2.31. The smallest absolute Gasteiger partial charge is 0.308 e. The average Bonchev–Trinajstić information content (AvgIpc) is 2.83. The zero-order valence-electron chi connectivity index (χ0n) is 10.8. The molecule has 4 nitrogen and oxygen atoms in total. The van der Waals surface area contributed by atoms with E-state index in [9.17, 15) is 9.59 Å². The van der Waals surface area contributed by atoms with Gasteiger partial charge in [0.1, 0.15) is 0 Å². The Morgan fingerprint density at radius 1 is 1.35 bits per heavy atom. The summed E-state index contributed by atoms with van der Waals surface area (Å²) in [5, 5.41) is 12.0. The molecule has 1 aliphatic carbocycles. The van der Waals surface area contributed by atoms with E-state index in [2.05, 4.69) is 21.2 Å². The summed E-state index contributed by atoms with van der Waals surface area (Å²) in [6.07, 6.45) is 6.47. The quantitative estimate of drug-likeness (QED) is 0.812. The third-order valence-electron chi connectivity index (χ3n) is 3.40. The predicted molar refractivity (Wildman–Crippen MR) is 82.6 cm³/mol. The first-order chi connectivity index (χ1) is 9.56. The van der Waals surface area contributed by atoms with E-state index in [0.29, 0.717) is 6.42 Å². The van der Waals surface area contributed by atoms with Crippen LogP contribution < -0.4 is 5.32 Å². The van der Waals surface area contributed by atoms with Gasteiger partial charge in [0.15, 0.2) is 0 Å². The molecular weight excluding hydrogens is 342 g/mol. The topological polar surface area (TPSA) is 66.4 Å². The molecule has 0 bridgehead atoms. The third kappa shape index (κ3) is 4.18. The minimum atomic E-state index is -0.818. The van der Waals surface area contributed by atoms with Crippen molar-refractivity contribution in [3.8, 4) is 0 Å². The van der Waals surface area contributed by atoms with Crippen LogP contribution >= 0.6 is 27.3 Å². The van der Waals surface area contributed by atoms with E-state index >= 15 is 0 Å². The van der Waals surface area contributed by atoms with Gasteiger partial charge < -0.3 is 10.4 Å². The summed E-state index contributed by atoms with van der Waals surface area (Å²) in [4.78, 5) is 24.0. The largest absolute Gasteiger partial charge is 0.481 e. The lowest BCUT2D eigenvalue weighted by molar-refractivity contribution is -0.144. The molecule has 2 N–H and O–H groups in total. The Labute approximate surface area is 130 Å². The number of nitrogens with one attached hydrogen (secondary N) is 1. The van der Waals surface area contributed by atoms with Gasteiger partial charge in [-0.05, 0) is 47.0 Å². The van der Waals surface area contributed by atoms with Crippen molar-refractivity contribution >= 4 is 45.2 Å². The summed E-state index contributed by atoms with van der Waals surface area (Å²) in [6.45, 7) is 0. The minimum absolute atomic E-state index is 0.229. The fourth-order valence-electron chi connectivity index (χ4n) is 2.41. The van der Waals surface area contributed by atoms with Crippen molar-refractivity contribution in [3.63, 3.8) is 0 Å². The van der Waals surface area contributed by atoms with E-state index in [-0.39, 0.29) is 11.9 Å². The van der Waals surface area contributed by atoms with Crippen molar-refractivity contribution in [2.45, 2.75) is 31.7 Å². The SMILES string of the molecule is O=C(C=Cc1ccc(Br)s1)NC1CCCCC1C(=O)O. The van der Waals surface area contributed by atoms with Crippen LogP contribution in [0.1, 0.15) is 30.6 Å². The van der Waals surface area contributed by atoms with Gasteiger partial charge >= 0.3 is 5.97 Å². The summed E-state index contributed by atoms with van der Waals surface area (Å²) in [5.41, 5.74) is 0. The van der Waals surface area contributed by atoms with E-state index in [1.165, 1.54) is 17.4 Å². The molecule has 1 fully saturated rings. The van der Waals surface area contributed by atoms with Crippen LogP contribution in [0.5, 0.6) is 0 Å². The van der Waals surface area contributed by atoms with Crippen LogP contribution in [0, 0.1) is 5.92 Å². The first-order valence-corrected chi connectivity index (χ1v) is 8.14. The normalized spacial score (nSPS) is 22.9. The highest BCUT2D eigenvalue weighted by Crippen LogP contribution is 2.25. The number of carboxylic acids is 1.